The summed E-state index contributed by atoms with van der Waals surface area (Å²) in [6, 6.07) is 9.62. The molecule has 0 fully saturated rings. The van der Waals surface area contributed by atoms with Crippen molar-refractivity contribution in [3.8, 4) is 0 Å². The SMILES string of the molecule is Cn1c(N)c(C(=O)CSc2nnc(Cc3ccccc3)o2)c(=O)[nH]c1=O. The smallest absolute Gasteiger partial charge is 0.329 e. The van der Waals surface area contributed by atoms with E-state index in [-0.39, 0.29) is 22.4 Å². The van der Waals surface area contributed by atoms with Crippen LogP contribution in [0.3, 0.4) is 0 Å². The van der Waals surface area contributed by atoms with Crippen molar-refractivity contribution in [1.29, 1.82) is 0 Å². The summed E-state index contributed by atoms with van der Waals surface area (Å²) in [5.74, 6) is -0.421. The van der Waals surface area contributed by atoms with Crippen LogP contribution in [0.5, 0.6) is 0 Å². The van der Waals surface area contributed by atoms with E-state index in [1.165, 1.54) is 7.05 Å². The summed E-state index contributed by atoms with van der Waals surface area (Å²) >= 11 is 0.997. The normalized spacial score (nSPS) is 10.8. The molecule has 2 aromatic heterocycles. The van der Waals surface area contributed by atoms with Crippen molar-refractivity contribution in [3.63, 3.8) is 0 Å². The fourth-order valence-electron chi connectivity index (χ4n) is 2.24. The fraction of sp³-hybridized carbons (Fsp3) is 0.188. The number of aromatic nitrogens is 4. The predicted molar refractivity (Wildman–Crippen MR) is 95.3 cm³/mol. The number of ketones is 1. The van der Waals surface area contributed by atoms with E-state index in [1.807, 2.05) is 35.3 Å². The second-order valence-corrected chi connectivity index (χ2v) is 6.34. The standard InChI is InChI=1S/C16H15N5O4S/c1-21-13(17)12(14(23)18-15(21)24)10(22)8-26-16-20-19-11(25-16)7-9-5-3-2-4-6-9/h2-6H,7-8,17H2,1H3,(H,18,23,24). The van der Waals surface area contributed by atoms with E-state index < -0.39 is 17.0 Å². The summed E-state index contributed by atoms with van der Waals surface area (Å²) in [6.45, 7) is 0. The number of nitrogen functional groups attached to an aromatic ring is 1. The molecule has 134 valence electrons. The summed E-state index contributed by atoms with van der Waals surface area (Å²) in [4.78, 5) is 37.6. The van der Waals surface area contributed by atoms with Crippen LogP contribution in [0.4, 0.5) is 5.82 Å². The molecule has 3 rings (SSSR count). The number of nitrogens with one attached hydrogen (secondary N) is 1. The van der Waals surface area contributed by atoms with Gasteiger partial charge in [-0.25, -0.2) is 4.79 Å². The minimum absolute atomic E-state index is 0.127. The van der Waals surface area contributed by atoms with Gasteiger partial charge in [0.05, 0.1) is 12.2 Å². The van der Waals surface area contributed by atoms with Gasteiger partial charge in [0.2, 0.25) is 5.89 Å². The van der Waals surface area contributed by atoms with E-state index in [1.54, 1.807) is 0 Å². The molecule has 0 saturated carbocycles. The van der Waals surface area contributed by atoms with E-state index in [9.17, 15) is 14.4 Å². The summed E-state index contributed by atoms with van der Waals surface area (Å²) in [6.07, 6.45) is 0.482. The lowest BCUT2D eigenvalue weighted by molar-refractivity contribution is 0.102. The van der Waals surface area contributed by atoms with Gasteiger partial charge in [-0.2, -0.15) is 0 Å². The Morgan fingerprint density at radius 3 is 2.73 bits per heavy atom. The number of benzene rings is 1. The van der Waals surface area contributed by atoms with Crippen molar-refractivity contribution < 1.29 is 9.21 Å². The number of nitrogens with two attached hydrogens (primary N) is 1. The lowest BCUT2D eigenvalue weighted by Gasteiger charge is -2.06. The molecule has 0 atom stereocenters. The fourth-order valence-corrected chi connectivity index (χ4v) is 2.90. The molecule has 3 N–H and O–H groups in total. The third kappa shape index (κ3) is 3.75. The van der Waals surface area contributed by atoms with Crippen molar-refractivity contribution in [2.75, 3.05) is 11.5 Å². The number of carbonyl (C=O) groups excluding carboxylic acids is 1. The zero-order valence-corrected chi connectivity index (χ0v) is 14.6. The third-order valence-electron chi connectivity index (χ3n) is 3.62. The van der Waals surface area contributed by atoms with Crippen LogP contribution in [-0.4, -0.2) is 31.3 Å². The van der Waals surface area contributed by atoms with Crippen LogP contribution >= 0.6 is 11.8 Å². The number of aromatic amines is 1. The molecule has 0 radical (unpaired) electrons. The Balaban J connectivity index is 1.69. The number of thioether (sulfide) groups is 1. The molecule has 0 amide bonds. The van der Waals surface area contributed by atoms with Gasteiger partial charge in [-0.15, -0.1) is 10.2 Å². The van der Waals surface area contributed by atoms with Crippen LogP contribution < -0.4 is 17.0 Å². The molecule has 3 aromatic rings. The van der Waals surface area contributed by atoms with E-state index in [4.69, 9.17) is 10.2 Å². The maximum absolute atomic E-state index is 12.3. The topological polar surface area (TPSA) is 137 Å². The Morgan fingerprint density at radius 1 is 1.27 bits per heavy atom. The van der Waals surface area contributed by atoms with Gasteiger partial charge in [0.1, 0.15) is 11.4 Å². The largest absolute Gasteiger partial charge is 0.416 e. The molecule has 26 heavy (non-hydrogen) atoms. The summed E-state index contributed by atoms with van der Waals surface area (Å²) in [7, 11) is 1.37. The Bertz CT molecular complexity index is 1050. The van der Waals surface area contributed by atoms with Crippen molar-refractivity contribution in [2.45, 2.75) is 11.6 Å². The first-order valence-corrected chi connectivity index (χ1v) is 8.55. The molecule has 0 bridgehead atoms. The quantitative estimate of drug-likeness (QED) is 0.473. The van der Waals surface area contributed by atoms with Gasteiger partial charge < -0.3 is 10.2 Å². The van der Waals surface area contributed by atoms with Crippen molar-refractivity contribution >= 4 is 23.4 Å². The number of nitrogens with zero attached hydrogens (tertiary/aromatic N) is 3. The second kappa shape index (κ2) is 7.40. The summed E-state index contributed by atoms with van der Waals surface area (Å²) < 4.78 is 6.50. The Hall–Kier alpha value is -3.14. The Labute approximate surface area is 151 Å². The van der Waals surface area contributed by atoms with E-state index >= 15 is 0 Å². The zero-order chi connectivity index (χ0) is 18.7. The van der Waals surface area contributed by atoms with Gasteiger partial charge >= 0.3 is 5.69 Å². The first-order valence-electron chi connectivity index (χ1n) is 7.57. The van der Waals surface area contributed by atoms with Gasteiger partial charge in [-0.05, 0) is 5.56 Å². The van der Waals surface area contributed by atoms with E-state index in [0.29, 0.717) is 12.3 Å². The number of rotatable bonds is 6. The van der Waals surface area contributed by atoms with Gasteiger partial charge in [-0.3, -0.25) is 19.1 Å². The third-order valence-corrected chi connectivity index (χ3v) is 4.44. The van der Waals surface area contributed by atoms with Gasteiger partial charge in [0.15, 0.2) is 5.78 Å². The number of hydrogen-bond acceptors (Lipinski definition) is 8. The van der Waals surface area contributed by atoms with Crippen molar-refractivity contribution in [2.24, 2.45) is 7.05 Å². The summed E-state index contributed by atoms with van der Waals surface area (Å²) in [5, 5.41) is 8.02. The molecule has 0 saturated heterocycles. The number of carbonyl (C=O) groups is 1. The van der Waals surface area contributed by atoms with Crippen LogP contribution in [0, 0.1) is 0 Å². The minimum Gasteiger partial charge on any atom is -0.416 e. The van der Waals surface area contributed by atoms with Crippen LogP contribution in [0.2, 0.25) is 0 Å². The number of anilines is 1. The monoisotopic (exact) mass is 373 g/mol. The molecule has 0 spiro atoms. The highest BCUT2D eigenvalue weighted by Gasteiger charge is 2.19. The lowest BCUT2D eigenvalue weighted by atomic mass is 10.2. The maximum Gasteiger partial charge on any atom is 0.329 e. The summed E-state index contributed by atoms with van der Waals surface area (Å²) in [5.41, 5.74) is 4.97. The van der Waals surface area contributed by atoms with E-state index in [2.05, 4.69) is 10.2 Å². The minimum atomic E-state index is -0.813. The van der Waals surface area contributed by atoms with Crippen LogP contribution in [-0.2, 0) is 13.5 Å². The predicted octanol–water partition coefficient (Wildman–Crippen LogP) is 0.605. The number of hydrogen-bond donors (Lipinski definition) is 2. The average Bonchev–Trinajstić information content (AvgIpc) is 3.06. The van der Waals surface area contributed by atoms with E-state index in [0.717, 1.165) is 21.9 Å². The maximum atomic E-state index is 12.3. The highest BCUT2D eigenvalue weighted by molar-refractivity contribution is 7.99. The molecular formula is C16H15N5O4S. The molecule has 10 heteroatoms. The number of H-pyrrole nitrogens is 1. The van der Waals surface area contributed by atoms with Crippen LogP contribution in [0.1, 0.15) is 21.8 Å². The van der Waals surface area contributed by atoms with Crippen molar-refractivity contribution in [3.05, 3.63) is 68.2 Å². The molecule has 1 aromatic carbocycles. The second-order valence-electron chi connectivity index (χ2n) is 5.41. The number of Topliss-reactive ketones (excluding diaryl/α,β-unsaturated/α-hetero) is 1. The lowest BCUT2D eigenvalue weighted by Crippen LogP contribution is -2.35. The molecule has 2 heterocycles. The molecule has 9 nitrogen and oxygen atoms in total. The van der Waals surface area contributed by atoms with Gasteiger partial charge in [-0.1, -0.05) is 42.1 Å². The molecule has 0 aliphatic carbocycles. The molecule has 0 aliphatic rings. The Kier molecular flexibility index (Phi) is 5.03. The first kappa shape index (κ1) is 17.7. The molecule has 0 aliphatic heterocycles. The van der Waals surface area contributed by atoms with Gasteiger partial charge in [0, 0.05) is 7.05 Å². The van der Waals surface area contributed by atoms with Crippen LogP contribution in [0.15, 0.2) is 49.6 Å². The first-order chi connectivity index (χ1) is 12.5. The zero-order valence-electron chi connectivity index (χ0n) is 13.8. The average molecular weight is 373 g/mol. The Morgan fingerprint density at radius 2 is 2.00 bits per heavy atom. The molecular weight excluding hydrogens is 358 g/mol. The highest BCUT2D eigenvalue weighted by Crippen LogP contribution is 2.19. The van der Waals surface area contributed by atoms with Crippen LogP contribution in [0.25, 0.3) is 0 Å². The van der Waals surface area contributed by atoms with Gasteiger partial charge in [0.25, 0.3) is 10.8 Å². The van der Waals surface area contributed by atoms with Crippen molar-refractivity contribution in [1.82, 2.24) is 19.7 Å². The molecule has 0 unspecified atom stereocenters. The highest BCUT2D eigenvalue weighted by atomic mass is 32.2.